The van der Waals surface area contributed by atoms with Crippen molar-refractivity contribution in [1.82, 2.24) is 20.1 Å². The van der Waals surface area contributed by atoms with Crippen molar-refractivity contribution in [2.45, 2.75) is 6.42 Å². The summed E-state index contributed by atoms with van der Waals surface area (Å²) in [5.74, 6) is 0.228. The van der Waals surface area contributed by atoms with Crippen molar-refractivity contribution in [3.8, 4) is 11.3 Å². The summed E-state index contributed by atoms with van der Waals surface area (Å²) in [6.45, 7) is 5.45. The predicted octanol–water partition coefficient (Wildman–Crippen LogP) is 1.81. The van der Waals surface area contributed by atoms with Crippen LogP contribution in [0, 0.1) is 5.82 Å². The molecular weight excluding hydrogens is 297 g/mol. The van der Waals surface area contributed by atoms with Crippen molar-refractivity contribution in [2.75, 3.05) is 44.7 Å². The molecule has 1 saturated heterocycles. The Bertz CT molecular complexity index is 616. The van der Waals surface area contributed by atoms with Crippen LogP contribution in [-0.2, 0) is 4.74 Å². The van der Waals surface area contributed by atoms with Crippen molar-refractivity contribution in [3.63, 3.8) is 0 Å². The van der Waals surface area contributed by atoms with E-state index in [0.29, 0.717) is 11.6 Å². The average molecular weight is 317 g/mol. The molecule has 0 radical (unpaired) electrons. The van der Waals surface area contributed by atoms with Gasteiger partial charge in [0.15, 0.2) is 0 Å². The van der Waals surface area contributed by atoms with Crippen LogP contribution in [-0.4, -0.2) is 59.5 Å². The highest BCUT2D eigenvalue weighted by Crippen LogP contribution is 2.16. The highest BCUT2D eigenvalue weighted by atomic mass is 19.1. The van der Waals surface area contributed by atoms with Crippen LogP contribution < -0.4 is 5.32 Å². The van der Waals surface area contributed by atoms with E-state index in [1.807, 2.05) is 0 Å². The van der Waals surface area contributed by atoms with Gasteiger partial charge in [0, 0.05) is 25.2 Å². The molecule has 0 amide bonds. The van der Waals surface area contributed by atoms with Gasteiger partial charge in [-0.3, -0.25) is 4.90 Å². The molecule has 2 heterocycles. The Morgan fingerprint density at radius 2 is 1.96 bits per heavy atom. The van der Waals surface area contributed by atoms with Crippen molar-refractivity contribution in [3.05, 3.63) is 36.3 Å². The number of anilines is 1. The Morgan fingerprint density at radius 1 is 1.17 bits per heavy atom. The number of nitrogens with one attached hydrogen (secondary N) is 1. The van der Waals surface area contributed by atoms with Gasteiger partial charge in [-0.2, -0.15) is 5.10 Å². The Balaban J connectivity index is 1.50. The molecule has 122 valence electrons. The van der Waals surface area contributed by atoms with Gasteiger partial charge in [0.05, 0.1) is 25.1 Å². The molecule has 0 spiro atoms. The van der Waals surface area contributed by atoms with Crippen molar-refractivity contribution >= 4 is 5.95 Å². The molecule has 6 nitrogen and oxygen atoms in total. The van der Waals surface area contributed by atoms with E-state index in [-0.39, 0.29) is 5.82 Å². The molecule has 1 aromatic heterocycles. The number of nitrogens with zero attached hydrogens (tertiary/aromatic N) is 4. The third kappa shape index (κ3) is 4.67. The van der Waals surface area contributed by atoms with E-state index >= 15 is 0 Å². The number of benzene rings is 1. The highest BCUT2D eigenvalue weighted by Gasteiger charge is 2.09. The summed E-state index contributed by atoms with van der Waals surface area (Å²) >= 11 is 0. The predicted molar refractivity (Wildman–Crippen MR) is 85.6 cm³/mol. The first kappa shape index (κ1) is 15.8. The maximum absolute atomic E-state index is 13.0. The fraction of sp³-hybridized carbons (Fsp3) is 0.438. The zero-order chi connectivity index (χ0) is 15.9. The van der Waals surface area contributed by atoms with Crippen molar-refractivity contribution in [2.24, 2.45) is 0 Å². The molecule has 0 bridgehead atoms. The van der Waals surface area contributed by atoms with Crippen LogP contribution in [0.2, 0.25) is 0 Å². The van der Waals surface area contributed by atoms with Crippen molar-refractivity contribution in [1.29, 1.82) is 0 Å². The second-order valence-corrected chi connectivity index (χ2v) is 5.41. The Kier molecular flexibility index (Phi) is 5.44. The Morgan fingerprint density at radius 3 is 2.74 bits per heavy atom. The number of halogens is 1. The largest absolute Gasteiger partial charge is 0.379 e. The lowest BCUT2D eigenvalue weighted by Gasteiger charge is -2.26. The summed E-state index contributed by atoms with van der Waals surface area (Å²) in [6.07, 6.45) is 2.58. The average Bonchev–Trinajstić information content (AvgIpc) is 2.61. The summed E-state index contributed by atoms with van der Waals surface area (Å²) in [5.41, 5.74) is 1.49. The SMILES string of the molecule is Fc1ccc(-c2cnnc(NCCCN3CCOCC3)n2)cc1. The fourth-order valence-electron chi connectivity index (χ4n) is 2.47. The number of hydrogen-bond donors (Lipinski definition) is 1. The van der Waals surface area contributed by atoms with E-state index in [9.17, 15) is 4.39 Å². The van der Waals surface area contributed by atoms with Crippen molar-refractivity contribution < 1.29 is 9.13 Å². The number of morpholine rings is 1. The second-order valence-electron chi connectivity index (χ2n) is 5.41. The minimum atomic E-state index is -0.266. The second kappa shape index (κ2) is 7.94. The molecule has 0 aliphatic carbocycles. The van der Waals surface area contributed by atoms with E-state index in [1.165, 1.54) is 12.1 Å². The van der Waals surface area contributed by atoms with Crippen LogP contribution in [0.1, 0.15) is 6.42 Å². The number of hydrogen-bond acceptors (Lipinski definition) is 6. The van der Waals surface area contributed by atoms with E-state index in [2.05, 4.69) is 25.4 Å². The lowest BCUT2D eigenvalue weighted by Crippen LogP contribution is -2.37. The molecule has 1 aliphatic rings. The molecule has 1 fully saturated rings. The van der Waals surface area contributed by atoms with Gasteiger partial charge in [-0.1, -0.05) is 0 Å². The van der Waals surface area contributed by atoms with E-state index in [4.69, 9.17) is 4.74 Å². The summed E-state index contributed by atoms with van der Waals surface area (Å²) in [5, 5.41) is 11.1. The highest BCUT2D eigenvalue weighted by molar-refractivity contribution is 5.58. The van der Waals surface area contributed by atoms with E-state index < -0.39 is 0 Å². The summed E-state index contributed by atoms with van der Waals surface area (Å²) in [4.78, 5) is 6.80. The quantitative estimate of drug-likeness (QED) is 0.820. The molecular formula is C16H20FN5O. The molecule has 23 heavy (non-hydrogen) atoms. The molecule has 1 N–H and O–H groups in total. The summed E-state index contributed by atoms with van der Waals surface area (Å²) in [7, 11) is 0. The zero-order valence-electron chi connectivity index (χ0n) is 12.9. The summed E-state index contributed by atoms with van der Waals surface area (Å²) in [6, 6.07) is 6.18. The third-order valence-corrected chi connectivity index (χ3v) is 3.74. The molecule has 1 aromatic carbocycles. The fourth-order valence-corrected chi connectivity index (χ4v) is 2.47. The van der Waals surface area contributed by atoms with E-state index in [0.717, 1.165) is 51.4 Å². The van der Waals surface area contributed by atoms with Gasteiger partial charge in [0.25, 0.3) is 0 Å². The standard InChI is InChI=1S/C16H20FN5O/c17-14-4-2-13(3-5-14)15-12-19-21-16(20-15)18-6-1-7-22-8-10-23-11-9-22/h2-5,12H,1,6-11H2,(H,18,20,21). The summed E-state index contributed by atoms with van der Waals surface area (Å²) < 4.78 is 18.3. The van der Waals surface area contributed by atoms with Crippen LogP contribution >= 0.6 is 0 Å². The topological polar surface area (TPSA) is 63.2 Å². The van der Waals surface area contributed by atoms with Crippen LogP contribution in [0.25, 0.3) is 11.3 Å². The van der Waals surface area contributed by atoms with Crippen LogP contribution in [0.15, 0.2) is 30.5 Å². The van der Waals surface area contributed by atoms with Crippen LogP contribution in [0.3, 0.4) is 0 Å². The third-order valence-electron chi connectivity index (χ3n) is 3.74. The maximum atomic E-state index is 13.0. The number of aromatic nitrogens is 3. The number of ether oxygens (including phenoxy) is 1. The molecule has 0 saturated carbocycles. The van der Waals surface area contributed by atoms with E-state index in [1.54, 1.807) is 18.3 Å². The monoisotopic (exact) mass is 317 g/mol. The minimum absolute atomic E-state index is 0.266. The van der Waals surface area contributed by atoms with Gasteiger partial charge >= 0.3 is 0 Å². The Hall–Kier alpha value is -2.12. The normalized spacial score (nSPS) is 15.5. The molecule has 7 heteroatoms. The molecule has 2 aromatic rings. The zero-order valence-corrected chi connectivity index (χ0v) is 12.9. The van der Waals surface area contributed by atoms with Gasteiger partial charge in [0.1, 0.15) is 5.82 Å². The van der Waals surface area contributed by atoms with Crippen LogP contribution in [0.5, 0.6) is 0 Å². The first-order chi connectivity index (χ1) is 11.3. The van der Waals surface area contributed by atoms with Gasteiger partial charge in [-0.05, 0) is 37.2 Å². The van der Waals surface area contributed by atoms with Gasteiger partial charge in [-0.15, -0.1) is 5.10 Å². The smallest absolute Gasteiger partial charge is 0.243 e. The molecule has 0 atom stereocenters. The minimum Gasteiger partial charge on any atom is -0.379 e. The lowest BCUT2D eigenvalue weighted by molar-refractivity contribution is 0.0378. The molecule has 0 unspecified atom stereocenters. The van der Waals surface area contributed by atoms with Crippen LogP contribution in [0.4, 0.5) is 10.3 Å². The maximum Gasteiger partial charge on any atom is 0.243 e. The first-order valence-corrected chi connectivity index (χ1v) is 7.81. The molecule has 1 aliphatic heterocycles. The Labute approximate surface area is 134 Å². The lowest BCUT2D eigenvalue weighted by atomic mass is 10.2. The van der Waals surface area contributed by atoms with Gasteiger partial charge in [-0.25, -0.2) is 9.37 Å². The number of rotatable bonds is 6. The molecule has 3 rings (SSSR count). The van der Waals surface area contributed by atoms with Gasteiger partial charge in [0.2, 0.25) is 5.95 Å². The first-order valence-electron chi connectivity index (χ1n) is 7.81. The van der Waals surface area contributed by atoms with Gasteiger partial charge < -0.3 is 10.1 Å².